The summed E-state index contributed by atoms with van der Waals surface area (Å²) in [7, 11) is 0. The van der Waals surface area contributed by atoms with Gasteiger partial charge in [-0.3, -0.25) is 14.9 Å². The highest BCUT2D eigenvalue weighted by Gasteiger charge is 2.15. The van der Waals surface area contributed by atoms with E-state index in [1.54, 1.807) is 13.8 Å². The average molecular weight is 282 g/mol. The van der Waals surface area contributed by atoms with Crippen LogP contribution in [0.1, 0.15) is 18.9 Å². The molecule has 0 fully saturated rings. The number of esters is 1. The molecule has 1 aromatic rings. The normalized spacial score (nSPS) is 11.8. The van der Waals surface area contributed by atoms with Gasteiger partial charge >= 0.3 is 5.97 Å². The molecule has 0 aliphatic rings. The minimum absolute atomic E-state index is 0.0121. The van der Waals surface area contributed by atoms with E-state index in [4.69, 9.17) is 15.2 Å². The van der Waals surface area contributed by atoms with E-state index in [0.717, 1.165) is 0 Å². The Kier molecular flexibility index (Phi) is 5.92. The zero-order valence-electron chi connectivity index (χ0n) is 11.5. The lowest BCUT2D eigenvalue weighted by Crippen LogP contribution is -2.33. The third-order valence-corrected chi connectivity index (χ3v) is 2.65. The number of hydrogen-bond donors (Lipinski definition) is 1. The van der Waals surface area contributed by atoms with Crippen molar-refractivity contribution in [2.24, 2.45) is 5.73 Å². The number of carbonyl (C=O) groups is 1. The molecule has 0 aliphatic carbocycles. The first-order chi connectivity index (χ1) is 9.45. The maximum absolute atomic E-state index is 11.3. The Hall–Kier alpha value is -2.15. The van der Waals surface area contributed by atoms with Crippen LogP contribution >= 0.6 is 0 Å². The molecule has 0 amide bonds. The lowest BCUT2D eigenvalue weighted by molar-refractivity contribution is -0.384. The van der Waals surface area contributed by atoms with Crippen LogP contribution in [0.3, 0.4) is 0 Å². The highest BCUT2D eigenvalue weighted by molar-refractivity contribution is 5.75. The van der Waals surface area contributed by atoms with Gasteiger partial charge in [0.05, 0.1) is 18.1 Å². The molecule has 1 rings (SSSR count). The van der Waals surface area contributed by atoms with Gasteiger partial charge in [0.25, 0.3) is 5.69 Å². The molecule has 7 nitrogen and oxygen atoms in total. The monoisotopic (exact) mass is 282 g/mol. The number of aryl methyl sites for hydroxylation is 1. The van der Waals surface area contributed by atoms with Crippen LogP contribution in [0.5, 0.6) is 5.75 Å². The van der Waals surface area contributed by atoms with Crippen LogP contribution in [-0.2, 0) is 9.53 Å². The molecule has 1 atom stereocenters. The largest absolute Gasteiger partial charge is 0.493 e. The molecule has 2 N–H and O–H groups in total. The standard InChI is InChI=1S/C13H18N2O5/c1-3-19-13(16)11(14)6-7-20-12-5-4-10(15(17)18)8-9(12)2/h4-5,8,11H,3,6-7,14H2,1-2H3. The molecule has 0 heterocycles. The minimum Gasteiger partial charge on any atom is -0.493 e. The second-order valence-corrected chi connectivity index (χ2v) is 4.20. The Morgan fingerprint density at radius 2 is 2.20 bits per heavy atom. The van der Waals surface area contributed by atoms with Crippen molar-refractivity contribution >= 4 is 11.7 Å². The maximum Gasteiger partial charge on any atom is 0.323 e. The SMILES string of the molecule is CCOC(=O)C(N)CCOc1ccc([N+](=O)[O-])cc1C. The Morgan fingerprint density at radius 3 is 2.75 bits per heavy atom. The first kappa shape index (κ1) is 15.9. The Balaban J connectivity index is 2.50. The predicted octanol–water partition coefficient (Wildman–Crippen LogP) is 1.56. The Labute approximate surface area is 116 Å². The average Bonchev–Trinajstić information content (AvgIpc) is 2.40. The number of nitrogens with zero attached hydrogens (tertiary/aromatic N) is 1. The summed E-state index contributed by atoms with van der Waals surface area (Å²) >= 11 is 0. The molecule has 1 unspecified atom stereocenters. The van der Waals surface area contributed by atoms with Crippen LogP contribution in [0.25, 0.3) is 0 Å². The van der Waals surface area contributed by atoms with Gasteiger partial charge in [0.2, 0.25) is 0 Å². The van der Waals surface area contributed by atoms with Crippen LogP contribution in [-0.4, -0.2) is 30.1 Å². The number of hydrogen-bond acceptors (Lipinski definition) is 6. The number of non-ortho nitro benzene ring substituents is 1. The van der Waals surface area contributed by atoms with Gasteiger partial charge in [-0.25, -0.2) is 0 Å². The third kappa shape index (κ3) is 4.51. The van der Waals surface area contributed by atoms with Gasteiger partial charge in [-0.05, 0) is 25.5 Å². The molecule has 0 spiro atoms. The molecule has 0 bridgehead atoms. The second kappa shape index (κ2) is 7.44. The van der Waals surface area contributed by atoms with E-state index in [1.807, 2.05) is 0 Å². The summed E-state index contributed by atoms with van der Waals surface area (Å²) in [6.07, 6.45) is 0.315. The Morgan fingerprint density at radius 1 is 1.50 bits per heavy atom. The summed E-state index contributed by atoms with van der Waals surface area (Å²) in [6.45, 7) is 3.95. The molecule has 0 saturated carbocycles. The molecule has 0 aromatic heterocycles. The van der Waals surface area contributed by atoms with E-state index in [0.29, 0.717) is 17.7 Å². The van der Waals surface area contributed by atoms with Crippen molar-refractivity contribution in [1.29, 1.82) is 0 Å². The van der Waals surface area contributed by atoms with Crippen LogP contribution in [0, 0.1) is 17.0 Å². The number of nitro groups is 1. The van der Waals surface area contributed by atoms with Gasteiger partial charge in [0.15, 0.2) is 0 Å². The van der Waals surface area contributed by atoms with Crippen molar-refractivity contribution in [3.8, 4) is 5.75 Å². The molecular weight excluding hydrogens is 264 g/mol. The van der Waals surface area contributed by atoms with Gasteiger partial charge in [0, 0.05) is 18.6 Å². The highest BCUT2D eigenvalue weighted by atomic mass is 16.6. The lowest BCUT2D eigenvalue weighted by Gasteiger charge is -2.12. The maximum atomic E-state index is 11.3. The predicted molar refractivity (Wildman–Crippen MR) is 72.6 cm³/mol. The van der Waals surface area contributed by atoms with Gasteiger partial charge < -0.3 is 15.2 Å². The number of benzene rings is 1. The third-order valence-electron chi connectivity index (χ3n) is 2.65. The van der Waals surface area contributed by atoms with E-state index in [2.05, 4.69) is 0 Å². The second-order valence-electron chi connectivity index (χ2n) is 4.20. The quantitative estimate of drug-likeness (QED) is 0.462. The molecular formula is C13H18N2O5. The molecule has 110 valence electrons. The number of carbonyl (C=O) groups excluding carboxylic acids is 1. The van der Waals surface area contributed by atoms with E-state index in [-0.39, 0.29) is 18.9 Å². The molecule has 7 heteroatoms. The lowest BCUT2D eigenvalue weighted by atomic mass is 10.2. The fourth-order valence-electron chi connectivity index (χ4n) is 1.57. The molecule has 1 aromatic carbocycles. The number of ether oxygens (including phenoxy) is 2. The summed E-state index contributed by atoms with van der Waals surface area (Å²) in [4.78, 5) is 21.4. The Bertz CT molecular complexity index is 490. The summed E-state index contributed by atoms with van der Waals surface area (Å²) < 4.78 is 10.2. The van der Waals surface area contributed by atoms with E-state index < -0.39 is 16.9 Å². The zero-order chi connectivity index (χ0) is 15.1. The van der Waals surface area contributed by atoms with E-state index >= 15 is 0 Å². The molecule has 0 saturated heterocycles. The first-order valence-electron chi connectivity index (χ1n) is 6.25. The van der Waals surface area contributed by atoms with Crippen molar-refractivity contribution < 1.29 is 19.2 Å². The van der Waals surface area contributed by atoms with Crippen molar-refractivity contribution in [1.82, 2.24) is 0 Å². The van der Waals surface area contributed by atoms with E-state index in [9.17, 15) is 14.9 Å². The minimum atomic E-state index is -0.728. The molecule has 0 aliphatic heterocycles. The van der Waals surface area contributed by atoms with Crippen molar-refractivity contribution in [2.45, 2.75) is 26.3 Å². The van der Waals surface area contributed by atoms with Gasteiger partial charge in [-0.2, -0.15) is 0 Å². The van der Waals surface area contributed by atoms with Gasteiger partial charge in [-0.15, -0.1) is 0 Å². The van der Waals surface area contributed by atoms with Gasteiger partial charge in [0.1, 0.15) is 11.8 Å². The zero-order valence-corrected chi connectivity index (χ0v) is 11.5. The van der Waals surface area contributed by atoms with Gasteiger partial charge in [-0.1, -0.05) is 0 Å². The fraction of sp³-hybridized carbons (Fsp3) is 0.462. The van der Waals surface area contributed by atoms with Crippen LogP contribution in [0.15, 0.2) is 18.2 Å². The van der Waals surface area contributed by atoms with Crippen molar-refractivity contribution in [2.75, 3.05) is 13.2 Å². The van der Waals surface area contributed by atoms with Crippen molar-refractivity contribution in [3.63, 3.8) is 0 Å². The molecule has 0 radical (unpaired) electrons. The fourth-order valence-corrected chi connectivity index (χ4v) is 1.57. The van der Waals surface area contributed by atoms with Crippen LogP contribution < -0.4 is 10.5 Å². The van der Waals surface area contributed by atoms with Crippen LogP contribution in [0.2, 0.25) is 0 Å². The number of nitro benzene ring substituents is 1. The summed E-state index contributed by atoms with van der Waals surface area (Å²) in [5, 5.41) is 10.6. The first-order valence-corrected chi connectivity index (χ1v) is 6.25. The van der Waals surface area contributed by atoms with Crippen LogP contribution in [0.4, 0.5) is 5.69 Å². The van der Waals surface area contributed by atoms with E-state index in [1.165, 1.54) is 18.2 Å². The summed E-state index contributed by atoms with van der Waals surface area (Å²) in [6, 6.07) is 3.60. The number of rotatable bonds is 7. The summed E-state index contributed by atoms with van der Waals surface area (Å²) in [5.74, 6) is 0.0724. The highest BCUT2D eigenvalue weighted by Crippen LogP contribution is 2.23. The van der Waals surface area contributed by atoms with Crippen molar-refractivity contribution in [3.05, 3.63) is 33.9 Å². The topological polar surface area (TPSA) is 105 Å². The smallest absolute Gasteiger partial charge is 0.323 e. The number of nitrogens with two attached hydrogens (primary N) is 1. The molecule has 20 heavy (non-hydrogen) atoms. The summed E-state index contributed by atoms with van der Waals surface area (Å²) in [5.41, 5.74) is 6.29.